The zero-order valence-corrected chi connectivity index (χ0v) is 16.1. The van der Waals surface area contributed by atoms with Crippen LogP contribution in [0.3, 0.4) is 0 Å². The van der Waals surface area contributed by atoms with Gasteiger partial charge in [0.05, 0.1) is 0 Å². The lowest BCUT2D eigenvalue weighted by atomic mass is 10.2. The average molecular weight is 415 g/mol. The van der Waals surface area contributed by atoms with E-state index < -0.39 is 0 Å². The van der Waals surface area contributed by atoms with Crippen LogP contribution < -0.4 is 25.4 Å². The number of amides is 2. The quantitative estimate of drug-likeness (QED) is 0.454. The summed E-state index contributed by atoms with van der Waals surface area (Å²) in [7, 11) is 0. The number of rotatable bonds is 5. The molecule has 0 saturated heterocycles. The zero-order chi connectivity index (χ0) is 21.0. The lowest BCUT2D eigenvalue weighted by Gasteiger charge is -2.10. The van der Waals surface area contributed by atoms with Crippen LogP contribution in [-0.2, 0) is 0 Å². The van der Waals surface area contributed by atoms with Crippen molar-refractivity contribution in [2.24, 2.45) is 0 Å². The van der Waals surface area contributed by atoms with Crippen molar-refractivity contribution in [3.63, 3.8) is 0 Å². The van der Waals surface area contributed by atoms with Crippen molar-refractivity contribution in [1.29, 1.82) is 0 Å². The Morgan fingerprint density at radius 2 is 1.68 bits per heavy atom. The molecule has 0 atom stereocenters. The minimum atomic E-state index is -0.362. The molecule has 0 unspecified atom stereocenters. The molecule has 10 nitrogen and oxygen atoms in total. The van der Waals surface area contributed by atoms with Gasteiger partial charge >= 0.3 is 6.03 Å². The van der Waals surface area contributed by atoms with Crippen LogP contribution in [0.25, 0.3) is 5.82 Å². The van der Waals surface area contributed by atoms with Crippen LogP contribution in [0.1, 0.15) is 0 Å². The Labute approximate surface area is 176 Å². The number of benzene rings is 2. The first-order valence-corrected chi connectivity index (χ1v) is 9.40. The third kappa shape index (κ3) is 4.22. The molecule has 4 aromatic rings. The zero-order valence-electron chi connectivity index (χ0n) is 16.1. The van der Waals surface area contributed by atoms with Crippen molar-refractivity contribution >= 4 is 28.9 Å². The minimum absolute atomic E-state index is 0.185. The number of nitrogens with one attached hydrogen (secondary N) is 3. The fourth-order valence-electron chi connectivity index (χ4n) is 3.00. The number of anilines is 4. The van der Waals surface area contributed by atoms with Crippen molar-refractivity contribution < 1.29 is 14.3 Å². The van der Waals surface area contributed by atoms with Crippen molar-refractivity contribution in [3.05, 3.63) is 73.3 Å². The molecule has 10 heteroatoms. The summed E-state index contributed by atoms with van der Waals surface area (Å²) in [5.74, 6) is 2.55. The molecule has 0 aliphatic carbocycles. The van der Waals surface area contributed by atoms with Gasteiger partial charge in [-0.05, 0) is 42.5 Å². The maximum absolute atomic E-state index is 12.3. The molecule has 0 fully saturated rings. The minimum Gasteiger partial charge on any atom is -0.454 e. The fraction of sp³-hybridized carbons (Fsp3) is 0.0476. The molecule has 0 bridgehead atoms. The third-order valence-electron chi connectivity index (χ3n) is 4.44. The molecule has 3 N–H and O–H groups in total. The Balaban J connectivity index is 1.20. The van der Waals surface area contributed by atoms with E-state index in [0.717, 1.165) is 5.69 Å². The molecule has 2 amide bonds. The number of aromatic nitrogens is 4. The lowest BCUT2D eigenvalue weighted by molar-refractivity contribution is 0.174. The second-order valence-electron chi connectivity index (χ2n) is 6.56. The highest BCUT2D eigenvalue weighted by Gasteiger charge is 2.14. The molecule has 0 radical (unpaired) electrons. The topological polar surface area (TPSA) is 115 Å². The second-order valence-corrected chi connectivity index (χ2v) is 6.56. The van der Waals surface area contributed by atoms with Gasteiger partial charge in [0.2, 0.25) is 6.79 Å². The van der Waals surface area contributed by atoms with Crippen molar-refractivity contribution in [2.75, 3.05) is 22.7 Å². The van der Waals surface area contributed by atoms with Crippen LogP contribution in [-0.4, -0.2) is 32.6 Å². The summed E-state index contributed by atoms with van der Waals surface area (Å²) in [6.45, 7) is 0.185. The molecule has 31 heavy (non-hydrogen) atoms. The molecule has 2 aromatic heterocycles. The smallest absolute Gasteiger partial charge is 0.323 e. The largest absolute Gasteiger partial charge is 0.454 e. The van der Waals surface area contributed by atoms with Gasteiger partial charge in [0, 0.05) is 41.6 Å². The van der Waals surface area contributed by atoms with E-state index in [-0.39, 0.29) is 12.8 Å². The van der Waals surface area contributed by atoms with Crippen LogP contribution >= 0.6 is 0 Å². The van der Waals surface area contributed by atoms with E-state index in [4.69, 9.17) is 9.47 Å². The van der Waals surface area contributed by atoms with Crippen LogP contribution in [0.4, 0.5) is 27.7 Å². The first kappa shape index (κ1) is 18.4. The van der Waals surface area contributed by atoms with Crippen LogP contribution in [0.5, 0.6) is 11.5 Å². The summed E-state index contributed by atoms with van der Waals surface area (Å²) in [6.07, 6.45) is 4.96. The van der Waals surface area contributed by atoms with E-state index in [0.29, 0.717) is 34.5 Å². The predicted octanol–water partition coefficient (Wildman–Crippen LogP) is 3.78. The van der Waals surface area contributed by atoms with E-state index >= 15 is 0 Å². The number of hydrogen-bond donors (Lipinski definition) is 3. The number of carbonyl (C=O) groups is 1. The van der Waals surface area contributed by atoms with Gasteiger partial charge in [0.1, 0.15) is 12.1 Å². The average Bonchev–Trinajstić information content (AvgIpc) is 3.47. The normalized spacial score (nSPS) is 11.7. The van der Waals surface area contributed by atoms with Gasteiger partial charge in [-0.1, -0.05) is 0 Å². The Hall–Kier alpha value is -4.60. The summed E-state index contributed by atoms with van der Waals surface area (Å²) in [5.41, 5.74) is 2.06. The van der Waals surface area contributed by atoms with Crippen molar-refractivity contribution in [1.82, 2.24) is 19.7 Å². The van der Waals surface area contributed by atoms with Crippen LogP contribution in [0, 0.1) is 0 Å². The number of nitrogens with zero attached hydrogens (tertiary/aromatic N) is 4. The SMILES string of the molecule is O=C(Nc1ccc(Nc2cc(-n3cccn3)ncn2)cc1)Nc1ccc2c(c1)OCO2. The fourth-order valence-corrected chi connectivity index (χ4v) is 3.00. The van der Waals surface area contributed by atoms with E-state index in [2.05, 4.69) is 31.0 Å². The highest BCUT2D eigenvalue weighted by atomic mass is 16.7. The van der Waals surface area contributed by atoms with Crippen molar-refractivity contribution in [2.45, 2.75) is 0 Å². The van der Waals surface area contributed by atoms with Crippen LogP contribution in [0.2, 0.25) is 0 Å². The van der Waals surface area contributed by atoms with E-state index in [1.165, 1.54) is 6.33 Å². The van der Waals surface area contributed by atoms with E-state index in [1.54, 1.807) is 53.5 Å². The van der Waals surface area contributed by atoms with Crippen molar-refractivity contribution in [3.8, 4) is 17.3 Å². The molecule has 2 aromatic carbocycles. The Bertz CT molecular complexity index is 1210. The Morgan fingerprint density at radius 3 is 2.52 bits per heavy atom. The van der Waals surface area contributed by atoms with Crippen LogP contribution in [0.15, 0.2) is 73.3 Å². The van der Waals surface area contributed by atoms with Gasteiger partial charge in [0.25, 0.3) is 0 Å². The third-order valence-corrected chi connectivity index (χ3v) is 4.44. The number of hydrogen-bond acceptors (Lipinski definition) is 7. The maximum Gasteiger partial charge on any atom is 0.323 e. The summed E-state index contributed by atoms with van der Waals surface area (Å²) in [5, 5.41) is 12.9. The molecule has 5 rings (SSSR count). The maximum atomic E-state index is 12.3. The molecule has 3 heterocycles. The molecule has 0 saturated carbocycles. The molecule has 154 valence electrons. The standard InChI is InChI=1S/C21H17N7O3/c29-21(27-16-6-7-17-18(10-16)31-13-30-17)26-15-4-2-14(3-5-15)25-19-11-20(23-12-22-19)28-9-1-8-24-28/h1-12H,13H2,(H,22,23,25)(H2,26,27,29). The summed E-state index contributed by atoms with van der Waals surface area (Å²) < 4.78 is 12.2. The first-order chi connectivity index (χ1) is 15.2. The lowest BCUT2D eigenvalue weighted by Crippen LogP contribution is -2.19. The molecule has 0 spiro atoms. The summed E-state index contributed by atoms with van der Waals surface area (Å²) >= 11 is 0. The van der Waals surface area contributed by atoms with Gasteiger partial charge in [-0.25, -0.2) is 19.4 Å². The Morgan fingerprint density at radius 1 is 0.903 bits per heavy atom. The number of ether oxygens (including phenoxy) is 2. The van der Waals surface area contributed by atoms with E-state index in [9.17, 15) is 4.79 Å². The first-order valence-electron chi connectivity index (χ1n) is 9.40. The second kappa shape index (κ2) is 8.03. The molecule has 1 aliphatic rings. The van der Waals surface area contributed by atoms with Gasteiger partial charge < -0.3 is 25.4 Å². The van der Waals surface area contributed by atoms with Gasteiger partial charge in [-0.15, -0.1) is 0 Å². The predicted molar refractivity (Wildman–Crippen MR) is 114 cm³/mol. The number of fused-ring (bicyclic) bond motifs is 1. The monoisotopic (exact) mass is 415 g/mol. The Kier molecular flexibility index (Phi) is 4.77. The highest BCUT2D eigenvalue weighted by molar-refractivity contribution is 6.00. The number of urea groups is 1. The molecular weight excluding hydrogens is 398 g/mol. The molecule has 1 aliphatic heterocycles. The summed E-state index contributed by atoms with van der Waals surface area (Å²) in [4.78, 5) is 20.7. The van der Waals surface area contributed by atoms with Gasteiger partial charge in [0.15, 0.2) is 17.3 Å². The summed E-state index contributed by atoms with van der Waals surface area (Å²) in [6, 6.07) is 15.7. The highest BCUT2D eigenvalue weighted by Crippen LogP contribution is 2.34. The molecular formula is C21H17N7O3. The van der Waals surface area contributed by atoms with Gasteiger partial charge in [-0.3, -0.25) is 0 Å². The van der Waals surface area contributed by atoms with Gasteiger partial charge in [-0.2, -0.15) is 5.10 Å². The number of carbonyl (C=O) groups excluding carboxylic acids is 1. The van der Waals surface area contributed by atoms with E-state index in [1.807, 2.05) is 18.2 Å².